The largest absolute Gasteiger partial charge is 0.387 e. The van der Waals surface area contributed by atoms with Gasteiger partial charge in [-0.05, 0) is 18.9 Å². The predicted octanol–water partition coefficient (Wildman–Crippen LogP) is 1.69. The minimum Gasteiger partial charge on any atom is -0.387 e. The monoisotopic (exact) mass is 269 g/mol. The molecule has 18 heavy (non-hydrogen) atoms. The van der Waals surface area contributed by atoms with Gasteiger partial charge in [0.2, 0.25) is 10.0 Å². The molecule has 0 aliphatic carbocycles. The molecule has 1 aliphatic heterocycles. The molecule has 0 bridgehead atoms. The van der Waals surface area contributed by atoms with Crippen LogP contribution in [0.4, 0.5) is 0 Å². The summed E-state index contributed by atoms with van der Waals surface area (Å²) in [5.74, 6) is 0.0495. The number of benzene rings is 1. The standard InChI is InChI=1S/C13H19NO3S/c1-8(2)12-13(15)10-7-9(3)5-6-11(10)18(16,17)14(12)4/h5-8,12-13,15H,1-4H3. The molecule has 1 aromatic carbocycles. The van der Waals surface area contributed by atoms with Crippen LogP contribution < -0.4 is 0 Å². The van der Waals surface area contributed by atoms with Crippen molar-refractivity contribution in [3.05, 3.63) is 29.3 Å². The molecule has 2 rings (SSSR count). The number of aliphatic hydroxyl groups excluding tert-OH is 1. The lowest BCUT2D eigenvalue weighted by atomic mass is 9.92. The van der Waals surface area contributed by atoms with Gasteiger partial charge < -0.3 is 5.11 Å². The van der Waals surface area contributed by atoms with E-state index in [9.17, 15) is 13.5 Å². The maximum atomic E-state index is 12.4. The number of aryl methyl sites for hydroxylation is 1. The van der Waals surface area contributed by atoms with Gasteiger partial charge in [-0.15, -0.1) is 0 Å². The zero-order valence-electron chi connectivity index (χ0n) is 11.1. The van der Waals surface area contributed by atoms with Gasteiger partial charge in [0.1, 0.15) is 0 Å². The number of fused-ring (bicyclic) bond motifs is 1. The van der Waals surface area contributed by atoms with Crippen LogP contribution in [0.3, 0.4) is 0 Å². The number of hydrogen-bond acceptors (Lipinski definition) is 3. The lowest BCUT2D eigenvalue weighted by Crippen LogP contribution is -2.48. The minimum atomic E-state index is -3.49. The molecule has 4 nitrogen and oxygen atoms in total. The molecule has 5 heteroatoms. The van der Waals surface area contributed by atoms with Crippen molar-refractivity contribution >= 4 is 10.0 Å². The van der Waals surface area contributed by atoms with E-state index in [0.717, 1.165) is 5.56 Å². The second-order valence-electron chi connectivity index (χ2n) is 5.24. The Morgan fingerprint density at radius 2 is 1.94 bits per heavy atom. The molecule has 0 saturated carbocycles. The summed E-state index contributed by atoms with van der Waals surface area (Å²) < 4.78 is 26.1. The van der Waals surface area contributed by atoms with E-state index in [1.54, 1.807) is 18.2 Å². The van der Waals surface area contributed by atoms with Crippen molar-refractivity contribution in [2.75, 3.05) is 7.05 Å². The SMILES string of the molecule is Cc1ccc2c(c1)C(O)C(C(C)C)N(C)S2(=O)=O. The van der Waals surface area contributed by atoms with Crippen molar-refractivity contribution in [1.82, 2.24) is 4.31 Å². The highest BCUT2D eigenvalue weighted by Gasteiger charge is 2.42. The molecule has 0 radical (unpaired) electrons. The second-order valence-corrected chi connectivity index (χ2v) is 7.21. The van der Waals surface area contributed by atoms with E-state index < -0.39 is 22.2 Å². The molecule has 1 N–H and O–H groups in total. The summed E-state index contributed by atoms with van der Waals surface area (Å²) >= 11 is 0. The number of likely N-dealkylation sites (N-methyl/N-ethyl adjacent to an activating group) is 1. The smallest absolute Gasteiger partial charge is 0.243 e. The summed E-state index contributed by atoms with van der Waals surface area (Å²) in [4.78, 5) is 0.222. The van der Waals surface area contributed by atoms with Gasteiger partial charge in [-0.2, -0.15) is 4.31 Å². The lowest BCUT2D eigenvalue weighted by molar-refractivity contribution is 0.0644. The second kappa shape index (κ2) is 4.33. The Kier molecular flexibility index (Phi) is 3.25. The summed E-state index contributed by atoms with van der Waals surface area (Å²) in [5.41, 5.74) is 1.47. The van der Waals surface area contributed by atoms with Crippen molar-refractivity contribution in [3.63, 3.8) is 0 Å². The molecule has 100 valence electrons. The first-order valence-corrected chi connectivity index (χ1v) is 7.47. The van der Waals surface area contributed by atoms with Crippen LogP contribution in [0.1, 0.15) is 31.1 Å². The number of aliphatic hydroxyl groups is 1. The van der Waals surface area contributed by atoms with E-state index >= 15 is 0 Å². The molecular formula is C13H19NO3S. The first-order chi connectivity index (χ1) is 8.26. The number of hydrogen-bond donors (Lipinski definition) is 1. The normalized spacial score (nSPS) is 27.2. The predicted molar refractivity (Wildman–Crippen MR) is 69.7 cm³/mol. The summed E-state index contributed by atoms with van der Waals surface area (Å²) in [6, 6.07) is 4.69. The summed E-state index contributed by atoms with van der Waals surface area (Å²) in [5, 5.41) is 10.4. The topological polar surface area (TPSA) is 57.6 Å². The Morgan fingerprint density at radius 3 is 2.50 bits per heavy atom. The fourth-order valence-electron chi connectivity index (χ4n) is 2.62. The van der Waals surface area contributed by atoms with Gasteiger partial charge in [0.05, 0.1) is 17.0 Å². The maximum absolute atomic E-state index is 12.4. The van der Waals surface area contributed by atoms with Gasteiger partial charge in [0.15, 0.2) is 0 Å². The van der Waals surface area contributed by atoms with Crippen LogP contribution in [-0.2, 0) is 10.0 Å². The third kappa shape index (κ3) is 1.86. The van der Waals surface area contributed by atoms with Crippen molar-refractivity contribution in [1.29, 1.82) is 0 Å². The molecule has 1 aliphatic rings. The molecular weight excluding hydrogens is 250 g/mol. The van der Waals surface area contributed by atoms with Crippen LogP contribution in [0.25, 0.3) is 0 Å². The van der Waals surface area contributed by atoms with Crippen LogP contribution in [0.2, 0.25) is 0 Å². The zero-order chi connectivity index (χ0) is 13.7. The Balaban J connectivity index is 2.69. The molecule has 0 saturated heterocycles. The molecule has 0 amide bonds. The molecule has 1 heterocycles. The molecule has 1 aromatic rings. The van der Waals surface area contributed by atoms with Crippen molar-refractivity contribution < 1.29 is 13.5 Å². The first kappa shape index (κ1) is 13.5. The third-order valence-corrected chi connectivity index (χ3v) is 5.50. The fraction of sp³-hybridized carbons (Fsp3) is 0.538. The Hall–Kier alpha value is -0.910. The van der Waals surface area contributed by atoms with E-state index in [2.05, 4.69) is 0 Å². The van der Waals surface area contributed by atoms with Crippen LogP contribution in [0.5, 0.6) is 0 Å². The highest BCUT2D eigenvalue weighted by Crippen LogP contribution is 2.38. The molecule has 2 unspecified atom stereocenters. The number of nitrogens with zero attached hydrogens (tertiary/aromatic N) is 1. The van der Waals surface area contributed by atoms with Gasteiger partial charge in [-0.25, -0.2) is 8.42 Å². The summed E-state index contributed by atoms with van der Waals surface area (Å²) in [6.45, 7) is 5.73. The first-order valence-electron chi connectivity index (χ1n) is 6.03. The van der Waals surface area contributed by atoms with Crippen LogP contribution >= 0.6 is 0 Å². The highest BCUT2D eigenvalue weighted by molar-refractivity contribution is 7.89. The van der Waals surface area contributed by atoms with Crippen LogP contribution in [0.15, 0.2) is 23.1 Å². The maximum Gasteiger partial charge on any atom is 0.243 e. The van der Waals surface area contributed by atoms with E-state index in [4.69, 9.17) is 0 Å². The third-order valence-electron chi connectivity index (χ3n) is 3.57. The van der Waals surface area contributed by atoms with E-state index in [-0.39, 0.29) is 10.8 Å². The van der Waals surface area contributed by atoms with Gasteiger partial charge >= 0.3 is 0 Å². The van der Waals surface area contributed by atoms with Gasteiger partial charge in [0.25, 0.3) is 0 Å². The summed E-state index contributed by atoms with van der Waals surface area (Å²) in [6.07, 6.45) is -0.770. The van der Waals surface area contributed by atoms with Gasteiger partial charge in [-0.1, -0.05) is 31.5 Å². The average Bonchev–Trinajstić information content (AvgIpc) is 2.26. The number of rotatable bonds is 1. The molecule has 0 spiro atoms. The van der Waals surface area contributed by atoms with Crippen LogP contribution in [-0.4, -0.2) is 30.9 Å². The molecule has 2 atom stereocenters. The summed E-state index contributed by atoms with van der Waals surface area (Å²) in [7, 11) is -1.96. The van der Waals surface area contributed by atoms with Crippen molar-refractivity contribution in [2.24, 2.45) is 5.92 Å². The lowest BCUT2D eigenvalue weighted by Gasteiger charge is -2.39. The quantitative estimate of drug-likeness (QED) is 0.844. The van der Waals surface area contributed by atoms with Crippen molar-refractivity contribution in [3.8, 4) is 0 Å². The zero-order valence-corrected chi connectivity index (χ0v) is 11.9. The van der Waals surface area contributed by atoms with Gasteiger partial charge in [0, 0.05) is 12.6 Å². The Morgan fingerprint density at radius 1 is 1.33 bits per heavy atom. The molecule has 0 fully saturated rings. The Bertz CT molecular complexity index is 566. The van der Waals surface area contributed by atoms with Crippen LogP contribution in [0, 0.1) is 12.8 Å². The molecule has 0 aromatic heterocycles. The van der Waals surface area contributed by atoms with Gasteiger partial charge in [-0.3, -0.25) is 0 Å². The minimum absolute atomic E-state index is 0.0495. The van der Waals surface area contributed by atoms with E-state index in [1.165, 1.54) is 11.4 Å². The average molecular weight is 269 g/mol. The number of sulfonamides is 1. The van der Waals surface area contributed by atoms with E-state index in [1.807, 2.05) is 20.8 Å². The fourth-order valence-corrected chi connectivity index (χ4v) is 4.32. The highest BCUT2D eigenvalue weighted by atomic mass is 32.2. The van der Waals surface area contributed by atoms with E-state index in [0.29, 0.717) is 5.56 Å². The Labute approximate surface area is 108 Å². The van der Waals surface area contributed by atoms with Crippen molar-refractivity contribution in [2.45, 2.75) is 37.8 Å².